The standard InChI is InChI=1S/C24H26FN5O3/c1-15-11-17(16-3-4-16)13-26-22(15)28-7-9-29(10-8-28)23(32)19-6-5-18(12-20(19)25)30-14-21(31)27(2)24(30)33/h5-6,11-14,16,31H,3-4,7-10H2,1-2H3. The molecule has 0 radical (unpaired) electrons. The van der Waals surface area contributed by atoms with E-state index in [1.54, 1.807) is 4.90 Å². The number of halogens is 1. The molecule has 9 heteroatoms. The molecular weight excluding hydrogens is 425 g/mol. The SMILES string of the molecule is Cc1cc(C2CC2)cnc1N1CCN(C(=O)c2ccc(-n3cc(O)n(C)c3=O)cc2F)CC1. The van der Waals surface area contributed by atoms with Crippen molar-refractivity contribution in [1.82, 2.24) is 19.0 Å². The Kier molecular flexibility index (Phi) is 5.19. The number of nitrogens with zero attached hydrogens (tertiary/aromatic N) is 5. The van der Waals surface area contributed by atoms with Gasteiger partial charge < -0.3 is 14.9 Å². The maximum Gasteiger partial charge on any atom is 0.335 e. The van der Waals surface area contributed by atoms with Crippen molar-refractivity contribution in [3.05, 3.63) is 69.7 Å². The van der Waals surface area contributed by atoms with E-state index in [-0.39, 0.29) is 23.0 Å². The van der Waals surface area contributed by atoms with Gasteiger partial charge in [0, 0.05) is 39.4 Å². The Balaban J connectivity index is 1.28. The summed E-state index contributed by atoms with van der Waals surface area (Å²) >= 11 is 0. The van der Waals surface area contributed by atoms with E-state index >= 15 is 0 Å². The van der Waals surface area contributed by atoms with Crippen LogP contribution in [0.5, 0.6) is 5.88 Å². The predicted molar refractivity (Wildman–Crippen MR) is 122 cm³/mol. The van der Waals surface area contributed by atoms with E-state index in [4.69, 9.17) is 0 Å². The third-order valence-corrected chi connectivity index (χ3v) is 6.53. The number of aromatic hydroxyl groups is 1. The van der Waals surface area contributed by atoms with Gasteiger partial charge in [0.05, 0.1) is 17.4 Å². The Morgan fingerprint density at radius 3 is 2.45 bits per heavy atom. The average Bonchev–Trinajstić information content (AvgIpc) is 3.63. The molecule has 1 aliphatic heterocycles. The third-order valence-electron chi connectivity index (χ3n) is 6.53. The molecule has 0 atom stereocenters. The van der Waals surface area contributed by atoms with Crippen LogP contribution in [0.3, 0.4) is 0 Å². The van der Waals surface area contributed by atoms with Crippen molar-refractivity contribution in [2.24, 2.45) is 7.05 Å². The summed E-state index contributed by atoms with van der Waals surface area (Å²) in [7, 11) is 1.42. The molecule has 3 aromatic rings. The van der Waals surface area contributed by atoms with Crippen LogP contribution >= 0.6 is 0 Å². The highest BCUT2D eigenvalue weighted by Crippen LogP contribution is 2.40. The number of piperazine rings is 1. The van der Waals surface area contributed by atoms with Crippen LogP contribution in [-0.2, 0) is 7.05 Å². The van der Waals surface area contributed by atoms with Gasteiger partial charge in [-0.05, 0) is 55.0 Å². The van der Waals surface area contributed by atoms with Crippen LogP contribution < -0.4 is 10.6 Å². The van der Waals surface area contributed by atoms with Crippen molar-refractivity contribution in [2.75, 3.05) is 31.1 Å². The normalized spacial score (nSPS) is 16.3. The van der Waals surface area contributed by atoms with Gasteiger partial charge in [0.2, 0.25) is 5.88 Å². The second kappa shape index (κ2) is 8.06. The molecule has 0 bridgehead atoms. The highest BCUT2D eigenvalue weighted by Gasteiger charge is 2.27. The fraction of sp³-hybridized carbons (Fsp3) is 0.375. The van der Waals surface area contributed by atoms with Gasteiger partial charge in [0.25, 0.3) is 5.91 Å². The van der Waals surface area contributed by atoms with Crippen LogP contribution in [0.1, 0.15) is 40.2 Å². The number of hydrogen-bond donors (Lipinski definition) is 1. The second-order valence-corrected chi connectivity index (χ2v) is 8.83. The lowest BCUT2D eigenvalue weighted by atomic mass is 10.1. The molecule has 2 fully saturated rings. The zero-order valence-electron chi connectivity index (χ0n) is 18.7. The topological polar surface area (TPSA) is 83.6 Å². The van der Waals surface area contributed by atoms with Crippen molar-refractivity contribution in [2.45, 2.75) is 25.7 Å². The summed E-state index contributed by atoms with van der Waals surface area (Å²) in [6.45, 7) is 4.26. The Morgan fingerprint density at radius 1 is 1.15 bits per heavy atom. The highest BCUT2D eigenvalue weighted by atomic mass is 19.1. The van der Waals surface area contributed by atoms with Gasteiger partial charge in [-0.1, -0.05) is 6.07 Å². The molecule has 0 unspecified atom stereocenters. The van der Waals surface area contributed by atoms with E-state index in [9.17, 15) is 19.1 Å². The van der Waals surface area contributed by atoms with E-state index in [1.807, 2.05) is 6.20 Å². The lowest BCUT2D eigenvalue weighted by Crippen LogP contribution is -2.49. The van der Waals surface area contributed by atoms with E-state index in [0.29, 0.717) is 32.1 Å². The minimum absolute atomic E-state index is 0.0384. The first kappa shape index (κ1) is 21.2. The summed E-state index contributed by atoms with van der Waals surface area (Å²) < 4.78 is 17.0. The molecule has 2 aliphatic rings. The van der Waals surface area contributed by atoms with Crippen LogP contribution in [0.2, 0.25) is 0 Å². The first-order valence-electron chi connectivity index (χ1n) is 11.1. The van der Waals surface area contributed by atoms with Crippen LogP contribution in [0.15, 0.2) is 41.5 Å². The van der Waals surface area contributed by atoms with Crippen molar-refractivity contribution < 1.29 is 14.3 Å². The van der Waals surface area contributed by atoms with Gasteiger partial charge in [-0.25, -0.2) is 14.2 Å². The number of aromatic nitrogens is 3. The molecule has 1 aliphatic carbocycles. The van der Waals surface area contributed by atoms with E-state index in [1.165, 1.54) is 43.8 Å². The monoisotopic (exact) mass is 451 g/mol. The number of aryl methyl sites for hydroxylation is 1. The smallest absolute Gasteiger partial charge is 0.335 e. The molecule has 1 amide bonds. The minimum atomic E-state index is -0.705. The van der Waals surface area contributed by atoms with Crippen LogP contribution in [0, 0.1) is 12.7 Å². The summed E-state index contributed by atoms with van der Waals surface area (Å²) in [5.74, 6) is 0.287. The summed E-state index contributed by atoms with van der Waals surface area (Å²) in [6.07, 6.45) is 5.66. The first-order chi connectivity index (χ1) is 15.8. The van der Waals surface area contributed by atoms with E-state index in [0.717, 1.165) is 26.6 Å². The molecule has 172 valence electrons. The maximum absolute atomic E-state index is 14.8. The van der Waals surface area contributed by atoms with Crippen LogP contribution in [-0.4, -0.2) is 56.2 Å². The summed E-state index contributed by atoms with van der Waals surface area (Å²) in [5.41, 5.74) is 2.14. The van der Waals surface area contributed by atoms with Gasteiger partial charge in [0.15, 0.2) is 0 Å². The Bertz CT molecular complexity index is 1290. The summed E-state index contributed by atoms with van der Waals surface area (Å²) in [4.78, 5) is 33.6. The van der Waals surface area contributed by atoms with Crippen molar-refractivity contribution in [3.8, 4) is 11.6 Å². The summed E-state index contributed by atoms with van der Waals surface area (Å²) in [5, 5.41) is 9.71. The van der Waals surface area contributed by atoms with Gasteiger partial charge >= 0.3 is 5.69 Å². The van der Waals surface area contributed by atoms with Gasteiger partial charge in [-0.3, -0.25) is 13.9 Å². The number of anilines is 1. The number of amides is 1. The predicted octanol–water partition coefficient (Wildman–Crippen LogP) is 2.56. The number of carbonyl (C=O) groups excluding carboxylic acids is 1. The van der Waals surface area contributed by atoms with Gasteiger partial charge in [-0.15, -0.1) is 0 Å². The van der Waals surface area contributed by atoms with Gasteiger partial charge in [0.1, 0.15) is 11.6 Å². The van der Waals surface area contributed by atoms with E-state index in [2.05, 4.69) is 22.9 Å². The van der Waals surface area contributed by atoms with Crippen molar-refractivity contribution in [3.63, 3.8) is 0 Å². The largest absolute Gasteiger partial charge is 0.493 e. The zero-order valence-corrected chi connectivity index (χ0v) is 18.7. The molecule has 33 heavy (non-hydrogen) atoms. The fourth-order valence-electron chi connectivity index (χ4n) is 4.38. The minimum Gasteiger partial charge on any atom is -0.493 e. The Labute approximate surface area is 190 Å². The number of imidazole rings is 1. The number of carbonyl (C=O) groups is 1. The third kappa shape index (κ3) is 3.88. The summed E-state index contributed by atoms with van der Waals surface area (Å²) in [6, 6.07) is 6.24. The maximum atomic E-state index is 14.8. The van der Waals surface area contributed by atoms with Crippen molar-refractivity contribution >= 4 is 11.7 Å². The molecule has 0 spiro atoms. The first-order valence-corrected chi connectivity index (χ1v) is 11.1. The molecule has 1 saturated heterocycles. The van der Waals surface area contributed by atoms with Crippen LogP contribution in [0.4, 0.5) is 10.2 Å². The molecule has 1 N–H and O–H groups in total. The molecule has 2 aromatic heterocycles. The fourth-order valence-corrected chi connectivity index (χ4v) is 4.38. The average molecular weight is 452 g/mol. The molecule has 1 saturated carbocycles. The second-order valence-electron chi connectivity index (χ2n) is 8.83. The van der Waals surface area contributed by atoms with Gasteiger partial charge in [-0.2, -0.15) is 0 Å². The Hall–Kier alpha value is -3.62. The molecule has 1 aromatic carbocycles. The van der Waals surface area contributed by atoms with Crippen LogP contribution in [0.25, 0.3) is 5.69 Å². The number of pyridine rings is 1. The molecule has 3 heterocycles. The molecule has 5 rings (SSSR count). The lowest BCUT2D eigenvalue weighted by molar-refractivity contribution is 0.0742. The lowest BCUT2D eigenvalue weighted by Gasteiger charge is -2.36. The number of rotatable bonds is 4. The number of benzene rings is 1. The zero-order chi connectivity index (χ0) is 23.3. The number of hydrogen-bond acceptors (Lipinski definition) is 5. The van der Waals surface area contributed by atoms with E-state index < -0.39 is 11.5 Å². The molecule has 8 nitrogen and oxygen atoms in total. The quantitative estimate of drug-likeness (QED) is 0.659. The molecular formula is C24H26FN5O3. The van der Waals surface area contributed by atoms with Crippen molar-refractivity contribution in [1.29, 1.82) is 0 Å². The Morgan fingerprint density at radius 2 is 1.88 bits per heavy atom. The highest BCUT2D eigenvalue weighted by molar-refractivity contribution is 5.95.